The zero-order valence-corrected chi connectivity index (χ0v) is 18.3. The predicted molar refractivity (Wildman–Crippen MR) is 131 cm³/mol. The summed E-state index contributed by atoms with van der Waals surface area (Å²) in [5, 5.41) is 10.9. The molecule has 1 aliphatic carbocycles. The third-order valence-electron chi connectivity index (χ3n) is 6.49. The smallest absolute Gasteiger partial charge is 0.0811 e. The van der Waals surface area contributed by atoms with Crippen molar-refractivity contribution in [2.45, 2.75) is 44.1 Å². The molecule has 1 fully saturated rings. The summed E-state index contributed by atoms with van der Waals surface area (Å²) in [6.45, 7) is 0. The lowest BCUT2D eigenvalue weighted by Crippen LogP contribution is -2.02. The molecule has 0 radical (unpaired) electrons. The van der Waals surface area contributed by atoms with Crippen LogP contribution in [0, 0.1) is 0 Å². The molecule has 2 nitrogen and oxygen atoms in total. The molecule has 160 valence electrons. The second-order valence-corrected chi connectivity index (χ2v) is 8.83. The van der Waals surface area contributed by atoms with Crippen molar-refractivity contribution in [3.8, 4) is 22.3 Å². The number of pyridine rings is 1. The van der Waals surface area contributed by atoms with Gasteiger partial charge in [0.1, 0.15) is 0 Å². The zero-order chi connectivity index (χ0) is 21.8. The highest BCUT2D eigenvalue weighted by atomic mass is 16.3. The Hall–Kier alpha value is -3.23. The lowest BCUT2D eigenvalue weighted by molar-refractivity contribution is 0.165. The van der Waals surface area contributed by atoms with E-state index in [2.05, 4.69) is 77.8 Å². The molecule has 32 heavy (non-hydrogen) atoms. The molecule has 0 bridgehead atoms. The lowest BCUT2D eigenvalue weighted by atomic mass is 9.93. The van der Waals surface area contributed by atoms with Crippen LogP contribution in [0.2, 0.25) is 0 Å². The minimum atomic E-state index is -0.517. The molecule has 0 aliphatic heterocycles. The fraction of sp³-hybridized carbons (Fsp3) is 0.233. The number of hydrogen-bond donors (Lipinski definition) is 1. The van der Waals surface area contributed by atoms with Gasteiger partial charge in [0, 0.05) is 18.0 Å². The Balaban J connectivity index is 1.29. The second kappa shape index (κ2) is 9.50. The minimum Gasteiger partial charge on any atom is -0.388 e. The molecule has 0 amide bonds. The zero-order valence-electron chi connectivity index (χ0n) is 18.3. The van der Waals surface area contributed by atoms with E-state index in [0.717, 1.165) is 41.9 Å². The number of rotatable bonds is 8. The maximum atomic E-state index is 10.9. The highest BCUT2D eigenvalue weighted by molar-refractivity contribution is 5.72. The Morgan fingerprint density at radius 1 is 0.781 bits per heavy atom. The van der Waals surface area contributed by atoms with E-state index in [1.165, 1.54) is 35.1 Å². The molecule has 1 aromatic heterocycles. The minimum absolute atomic E-state index is 0.517. The normalized spacial score (nSPS) is 14.3. The summed E-state index contributed by atoms with van der Waals surface area (Å²) in [6.07, 6.45) is 8.40. The van der Waals surface area contributed by atoms with Gasteiger partial charge in [0.15, 0.2) is 0 Å². The van der Waals surface area contributed by atoms with Crippen molar-refractivity contribution < 1.29 is 5.11 Å². The van der Waals surface area contributed by atoms with Gasteiger partial charge >= 0.3 is 0 Å². The Bertz CT molecular complexity index is 1150. The van der Waals surface area contributed by atoms with Crippen molar-refractivity contribution in [2.75, 3.05) is 0 Å². The largest absolute Gasteiger partial charge is 0.388 e. The quantitative estimate of drug-likeness (QED) is 0.324. The van der Waals surface area contributed by atoms with E-state index in [1.807, 2.05) is 18.3 Å². The monoisotopic (exact) mass is 419 g/mol. The van der Waals surface area contributed by atoms with Crippen LogP contribution in [0.3, 0.4) is 0 Å². The van der Waals surface area contributed by atoms with Gasteiger partial charge < -0.3 is 5.11 Å². The Labute approximate surface area is 190 Å². The summed E-state index contributed by atoms with van der Waals surface area (Å²) < 4.78 is 0. The first kappa shape index (κ1) is 20.7. The van der Waals surface area contributed by atoms with Crippen LogP contribution >= 0.6 is 0 Å². The van der Waals surface area contributed by atoms with E-state index in [1.54, 1.807) is 6.20 Å². The van der Waals surface area contributed by atoms with Gasteiger partial charge in [0.05, 0.1) is 6.10 Å². The lowest BCUT2D eigenvalue weighted by Gasteiger charge is -2.16. The number of aliphatic hydroxyl groups is 1. The van der Waals surface area contributed by atoms with E-state index in [4.69, 9.17) is 0 Å². The summed E-state index contributed by atoms with van der Waals surface area (Å²) in [5.74, 6) is 0.788. The summed E-state index contributed by atoms with van der Waals surface area (Å²) in [6, 6.07) is 30.1. The number of aromatic nitrogens is 1. The second-order valence-electron chi connectivity index (χ2n) is 8.83. The van der Waals surface area contributed by atoms with E-state index in [9.17, 15) is 5.11 Å². The van der Waals surface area contributed by atoms with Gasteiger partial charge in [0.2, 0.25) is 0 Å². The van der Waals surface area contributed by atoms with Crippen molar-refractivity contribution in [2.24, 2.45) is 0 Å². The topological polar surface area (TPSA) is 33.1 Å². The number of nitrogens with zero attached hydrogens (tertiary/aromatic N) is 1. The van der Waals surface area contributed by atoms with Crippen LogP contribution in [-0.4, -0.2) is 10.1 Å². The van der Waals surface area contributed by atoms with E-state index in [0.29, 0.717) is 0 Å². The number of benzene rings is 3. The van der Waals surface area contributed by atoms with Gasteiger partial charge in [-0.3, -0.25) is 4.98 Å². The van der Waals surface area contributed by atoms with Gasteiger partial charge in [-0.05, 0) is 77.5 Å². The molecular formula is C30H29NO. The fourth-order valence-corrected chi connectivity index (χ4v) is 4.44. The van der Waals surface area contributed by atoms with Crippen LogP contribution in [0.4, 0.5) is 0 Å². The molecule has 0 saturated heterocycles. The van der Waals surface area contributed by atoms with Gasteiger partial charge in [-0.25, -0.2) is 0 Å². The van der Waals surface area contributed by atoms with Gasteiger partial charge in [-0.2, -0.15) is 0 Å². The SMILES string of the molecule is OC(CCCc1ccccc1)c1cnccc1-c1ccc(-c2ccc(C3CC3)cc2)cc1. The van der Waals surface area contributed by atoms with Crippen molar-refractivity contribution in [1.29, 1.82) is 0 Å². The molecule has 1 unspecified atom stereocenters. The molecule has 4 aromatic rings. The third kappa shape index (κ3) is 4.81. The van der Waals surface area contributed by atoms with E-state index < -0.39 is 6.10 Å². The van der Waals surface area contributed by atoms with Crippen LogP contribution in [0.1, 0.15) is 54.4 Å². The van der Waals surface area contributed by atoms with Gasteiger partial charge in [-0.1, -0.05) is 78.9 Å². The maximum Gasteiger partial charge on any atom is 0.0811 e. The standard InChI is InChI=1S/C30H29NO/c32-30(8-4-7-22-5-2-1-3-6-22)29-21-31-20-19-28(29)27-17-15-26(16-18-27)25-13-11-24(12-14-25)23-9-10-23/h1-3,5-6,11-21,23,30,32H,4,7-10H2. The Kier molecular flexibility index (Phi) is 6.13. The average Bonchev–Trinajstić information content (AvgIpc) is 3.71. The molecular weight excluding hydrogens is 390 g/mol. The number of hydrogen-bond acceptors (Lipinski definition) is 2. The number of aliphatic hydroxyl groups excluding tert-OH is 1. The average molecular weight is 420 g/mol. The van der Waals surface area contributed by atoms with Crippen LogP contribution in [0.5, 0.6) is 0 Å². The van der Waals surface area contributed by atoms with Crippen molar-refractivity contribution in [1.82, 2.24) is 4.98 Å². The molecule has 1 atom stereocenters. The molecule has 1 N–H and O–H groups in total. The summed E-state index contributed by atoms with van der Waals surface area (Å²) >= 11 is 0. The van der Waals surface area contributed by atoms with Crippen molar-refractivity contribution in [3.63, 3.8) is 0 Å². The van der Waals surface area contributed by atoms with Gasteiger partial charge in [-0.15, -0.1) is 0 Å². The van der Waals surface area contributed by atoms with Crippen LogP contribution in [0.25, 0.3) is 22.3 Å². The summed E-state index contributed by atoms with van der Waals surface area (Å²) in [4.78, 5) is 4.29. The molecule has 1 heterocycles. The predicted octanol–water partition coefficient (Wildman–Crippen LogP) is 7.35. The van der Waals surface area contributed by atoms with Crippen LogP contribution < -0.4 is 0 Å². The Morgan fingerprint density at radius 2 is 1.44 bits per heavy atom. The molecule has 3 aromatic carbocycles. The molecule has 1 saturated carbocycles. The molecule has 0 spiro atoms. The fourth-order valence-electron chi connectivity index (χ4n) is 4.44. The Morgan fingerprint density at radius 3 is 2.12 bits per heavy atom. The first-order chi connectivity index (χ1) is 15.8. The van der Waals surface area contributed by atoms with Crippen molar-refractivity contribution >= 4 is 0 Å². The first-order valence-corrected chi connectivity index (χ1v) is 11.6. The van der Waals surface area contributed by atoms with Gasteiger partial charge in [0.25, 0.3) is 0 Å². The molecule has 5 rings (SSSR count). The summed E-state index contributed by atoms with van der Waals surface area (Å²) in [5.41, 5.74) is 8.32. The van der Waals surface area contributed by atoms with E-state index in [-0.39, 0.29) is 0 Å². The van der Waals surface area contributed by atoms with Crippen LogP contribution in [-0.2, 0) is 6.42 Å². The highest BCUT2D eigenvalue weighted by Crippen LogP contribution is 2.40. The number of aryl methyl sites for hydroxylation is 1. The highest BCUT2D eigenvalue weighted by Gasteiger charge is 2.23. The van der Waals surface area contributed by atoms with Crippen LogP contribution in [0.15, 0.2) is 97.3 Å². The third-order valence-corrected chi connectivity index (χ3v) is 6.49. The van der Waals surface area contributed by atoms with E-state index >= 15 is 0 Å². The first-order valence-electron chi connectivity index (χ1n) is 11.6. The molecule has 1 aliphatic rings. The van der Waals surface area contributed by atoms with Crippen molar-refractivity contribution in [3.05, 3.63) is 114 Å². The maximum absolute atomic E-state index is 10.9. The molecule has 2 heteroatoms. The summed E-state index contributed by atoms with van der Waals surface area (Å²) in [7, 11) is 0.